The van der Waals surface area contributed by atoms with E-state index in [1.807, 2.05) is 0 Å². The number of para-hydroxylation sites is 2. The minimum Gasteiger partial charge on any atom is -0.437 e. The fourth-order valence-electron chi connectivity index (χ4n) is 12.4. The molecule has 61 heavy (non-hydrogen) atoms. The van der Waals surface area contributed by atoms with Gasteiger partial charge in [-0.3, -0.25) is 4.40 Å². The molecule has 0 amide bonds. The summed E-state index contributed by atoms with van der Waals surface area (Å²) < 4.78 is 9.23. The second-order valence-corrected chi connectivity index (χ2v) is 18.4. The van der Waals surface area contributed by atoms with Gasteiger partial charge in [-0.05, 0) is 155 Å². The van der Waals surface area contributed by atoms with E-state index in [1.54, 1.807) is 5.56 Å². The summed E-state index contributed by atoms with van der Waals surface area (Å²) in [6.07, 6.45) is 8.55. The van der Waals surface area contributed by atoms with Gasteiger partial charge in [0.2, 0.25) is 5.71 Å². The van der Waals surface area contributed by atoms with E-state index in [4.69, 9.17) is 4.42 Å². The van der Waals surface area contributed by atoms with Crippen molar-refractivity contribution in [1.29, 1.82) is 0 Å². The van der Waals surface area contributed by atoms with E-state index in [0.717, 1.165) is 73.7 Å². The highest BCUT2D eigenvalue weighted by Gasteiger charge is 2.51. The fraction of sp³-hybridized carbons (Fsp3) is 0.172. The lowest BCUT2D eigenvalue weighted by molar-refractivity contribution is -0.00518. The third-order valence-corrected chi connectivity index (χ3v) is 14.7. The lowest BCUT2D eigenvalue weighted by Gasteiger charge is -2.57. The Morgan fingerprint density at radius 3 is 1.74 bits per heavy atom. The van der Waals surface area contributed by atoms with Gasteiger partial charge in [0.15, 0.2) is 5.58 Å². The molecule has 0 saturated heterocycles. The van der Waals surface area contributed by atoms with Crippen LogP contribution in [0.5, 0.6) is 0 Å². The molecule has 4 fully saturated rings. The number of oxazole rings is 1. The third-order valence-electron chi connectivity index (χ3n) is 14.7. The van der Waals surface area contributed by atoms with Gasteiger partial charge >= 0.3 is 0 Å². The first kappa shape index (κ1) is 35.0. The lowest BCUT2D eigenvalue weighted by atomic mass is 9.48. The zero-order valence-electron chi connectivity index (χ0n) is 34.2. The van der Waals surface area contributed by atoms with Crippen molar-refractivity contribution in [2.75, 3.05) is 4.90 Å². The number of aromatic nitrogens is 1. The Morgan fingerprint density at radius 1 is 0.459 bits per heavy atom. The molecule has 294 valence electrons. The smallest absolute Gasteiger partial charge is 0.213 e. The predicted octanol–water partition coefficient (Wildman–Crippen LogP) is 15.9. The summed E-state index contributed by atoms with van der Waals surface area (Å²) in [6.45, 7) is 0. The Balaban J connectivity index is 0.894. The average Bonchev–Trinajstić information content (AvgIpc) is 3.84. The topological polar surface area (TPSA) is 20.8 Å². The zero-order chi connectivity index (χ0) is 40.1. The summed E-state index contributed by atoms with van der Waals surface area (Å²) >= 11 is 0. The number of anilines is 3. The highest BCUT2D eigenvalue weighted by atomic mass is 16.3. The second kappa shape index (κ2) is 13.6. The molecular weight excluding hydrogens is 741 g/mol. The van der Waals surface area contributed by atoms with E-state index in [2.05, 4.69) is 197 Å². The van der Waals surface area contributed by atoms with Gasteiger partial charge in [-0.2, -0.15) is 0 Å². The van der Waals surface area contributed by atoms with Gasteiger partial charge in [0, 0.05) is 28.0 Å². The maximum absolute atomic E-state index is 6.94. The molecule has 4 aliphatic carbocycles. The minimum atomic E-state index is 0.377. The van der Waals surface area contributed by atoms with Crippen LogP contribution >= 0.6 is 0 Å². The van der Waals surface area contributed by atoms with Gasteiger partial charge in [0.05, 0.1) is 16.6 Å². The SMILES string of the molecule is c1ccc(-c2ccc(N(c3ccc(C45CC6CC(CC(C6)C4)C5)cc3)c3ccc4cc(-c5cccc6c5oc5c(-c7ccccc7)c7ccccc7n56)ccc4c3)cc2)cc1. The molecule has 2 heterocycles. The molecule has 0 aliphatic heterocycles. The normalized spacial score (nSPS) is 20.6. The molecule has 4 bridgehead atoms. The molecule has 0 unspecified atom stereocenters. The van der Waals surface area contributed by atoms with Crippen molar-refractivity contribution in [1.82, 2.24) is 4.40 Å². The number of rotatable bonds is 7. The van der Waals surface area contributed by atoms with Crippen molar-refractivity contribution in [3.05, 3.63) is 194 Å². The first-order chi connectivity index (χ1) is 30.1. The summed E-state index contributed by atoms with van der Waals surface area (Å²) in [5, 5.41) is 3.60. The average molecular weight is 787 g/mol. The van der Waals surface area contributed by atoms with Crippen LogP contribution < -0.4 is 4.90 Å². The van der Waals surface area contributed by atoms with Crippen molar-refractivity contribution < 1.29 is 4.42 Å². The number of fused-ring (bicyclic) bond motifs is 6. The van der Waals surface area contributed by atoms with Crippen LogP contribution in [-0.4, -0.2) is 4.40 Å². The highest BCUT2D eigenvalue weighted by molar-refractivity contribution is 6.08. The van der Waals surface area contributed by atoms with Crippen LogP contribution in [0.25, 0.3) is 71.9 Å². The fourth-order valence-corrected chi connectivity index (χ4v) is 12.4. The predicted molar refractivity (Wildman–Crippen MR) is 253 cm³/mol. The van der Waals surface area contributed by atoms with Crippen molar-refractivity contribution in [3.8, 4) is 33.4 Å². The Kier molecular flexibility index (Phi) is 7.79. The molecule has 8 aromatic carbocycles. The summed E-state index contributed by atoms with van der Waals surface area (Å²) in [5.74, 6) is 2.79. The monoisotopic (exact) mass is 786 g/mol. The van der Waals surface area contributed by atoms with Gasteiger partial charge in [0.25, 0.3) is 0 Å². The van der Waals surface area contributed by atoms with Crippen LogP contribution in [0.4, 0.5) is 17.1 Å². The first-order valence-electron chi connectivity index (χ1n) is 22.2. The van der Waals surface area contributed by atoms with Gasteiger partial charge in [-0.25, -0.2) is 0 Å². The Morgan fingerprint density at radius 2 is 1.02 bits per heavy atom. The molecule has 4 aliphatic rings. The highest BCUT2D eigenvalue weighted by Crippen LogP contribution is 2.61. The summed E-state index contributed by atoms with van der Waals surface area (Å²) in [6, 6.07) is 69.1. The van der Waals surface area contributed by atoms with Crippen LogP contribution in [0.2, 0.25) is 0 Å². The summed E-state index contributed by atoms with van der Waals surface area (Å²) in [4.78, 5) is 2.44. The molecule has 0 radical (unpaired) electrons. The molecule has 3 heteroatoms. The molecular formula is C58H46N2O. The van der Waals surface area contributed by atoms with Gasteiger partial charge in [-0.15, -0.1) is 0 Å². The van der Waals surface area contributed by atoms with Crippen LogP contribution in [0.3, 0.4) is 0 Å². The number of nitrogens with zero attached hydrogens (tertiary/aromatic N) is 2. The number of hydrogen-bond donors (Lipinski definition) is 0. The van der Waals surface area contributed by atoms with Gasteiger partial charge in [0.1, 0.15) is 0 Å². The van der Waals surface area contributed by atoms with Crippen LogP contribution in [-0.2, 0) is 5.41 Å². The van der Waals surface area contributed by atoms with Crippen LogP contribution in [0.15, 0.2) is 192 Å². The molecule has 3 nitrogen and oxygen atoms in total. The van der Waals surface area contributed by atoms with Crippen LogP contribution in [0, 0.1) is 17.8 Å². The standard InChI is InChI=1S/C58H46N2O/c1-3-10-41(11-4-1)42-20-25-48(26-21-42)59(49-28-23-47(24-29-49)58-35-38-30-39(36-58)32-40(31-38)37-58)50-27-22-44-33-46(19-18-45(44)34-50)51-15-9-17-54-56(51)61-57-55(43-12-5-2-6-13-43)52-14-7-8-16-53(52)60(54)57/h1-29,33-34,38-40H,30-32,35-37H2. The maximum atomic E-state index is 6.94. The van der Waals surface area contributed by atoms with E-state index in [9.17, 15) is 0 Å². The Hall–Kier alpha value is -6.84. The largest absolute Gasteiger partial charge is 0.437 e. The van der Waals surface area contributed by atoms with E-state index in [-0.39, 0.29) is 0 Å². The lowest BCUT2D eigenvalue weighted by Crippen LogP contribution is -2.48. The first-order valence-corrected chi connectivity index (χ1v) is 22.2. The Bertz CT molecular complexity index is 3230. The molecule has 0 N–H and O–H groups in total. The van der Waals surface area contributed by atoms with E-state index < -0.39 is 0 Å². The van der Waals surface area contributed by atoms with E-state index in [1.165, 1.54) is 71.5 Å². The van der Waals surface area contributed by atoms with Crippen molar-refractivity contribution in [2.45, 2.75) is 43.9 Å². The molecule has 0 spiro atoms. The van der Waals surface area contributed by atoms with Crippen molar-refractivity contribution in [3.63, 3.8) is 0 Å². The quantitative estimate of drug-likeness (QED) is 0.160. The van der Waals surface area contributed by atoms with E-state index in [0.29, 0.717) is 5.41 Å². The Labute approximate surface area is 356 Å². The maximum Gasteiger partial charge on any atom is 0.213 e. The van der Waals surface area contributed by atoms with Crippen LogP contribution in [0.1, 0.15) is 44.1 Å². The molecule has 14 rings (SSSR count). The molecule has 10 aromatic rings. The van der Waals surface area contributed by atoms with Gasteiger partial charge in [-0.1, -0.05) is 133 Å². The van der Waals surface area contributed by atoms with E-state index >= 15 is 0 Å². The molecule has 0 atom stereocenters. The second-order valence-electron chi connectivity index (χ2n) is 18.4. The summed E-state index contributed by atoms with van der Waals surface area (Å²) in [7, 11) is 0. The minimum absolute atomic E-state index is 0.377. The summed E-state index contributed by atoms with van der Waals surface area (Å²) in [5.41, 5.74) is 16.4. The zero-order valence-corrected chi connectivity index (χ0v) is 34.2. The van der Waals surface area contributed by atoms with Crippen molar-refractivity contribution >= 4 is 55.6 Å². The van der Waals surface area contributed by atoms with Gasteiger partial charge < -0.3 is 9.32 Å². The number of hydrogen-bond acceptors (Lipinski definition) is 2. The molecule has 4 saturated carbocycles. The molecule has 2 aromatic heterocycles. The number of benzene rings is 8. The third kappa shape index (κ3) is 5.63. The van der Waals surface area contributed by atoms with Crippen molar-refractivity contribution in [2.24, 2.45) is 17.8 Å².